The zero-order valence-electron chi connectivity index (χ0n) is 40.3. The van der Waals surface area contributed by atoms with Gasteiger partial charge in [0.05, 0.1) is 22.1 Å². The smallest absolute Gasteiger partial charge is 0.0714 e. The lowest BCUT2D eigenvalue weighted by molar-refractivity contribution is 0.660. The Labute approximate surface area is 421 Å². The van der Waals surface area contributed by atoms with Crippen molar-refractivity contribution in [2.45, 2.75) is 24.7 Å². The topological polar surface area (TPSA) is 8.17 Å². The normalized spacial score (nSPS) is 15.0. The Morgan fingerprint density at radius 1 is 0.319 bits per heavy atom. The molecule has 0 fully saturated rings. The largest absolute Gasteiger partial charge is 0.310 e. The Hall–Kier alpha value is -8.98. The Morgan fingerprint density at radius 3 is 1.58 bits per heavy atom. The monoisotopic (exact) mass is 918 g/mol. The van der Waals surface area contributed by atoms with Crippen LogP contribution in [-0.2, 0) is 10.8 Å². The molecule has 340 valence electrons. The Kier molecular flexibility index (Phi) is 9.50. The van der Waals surface area contributed by atoms with E-state index in [1.807, 2.05) is 0 Å². The minimum Gasteiger partial charge on any atom is -0.310 e. The van der Waals surface area contributed by atoms with Crippen LogP contribution in [0.2, 0.25) is 0 Å². The van der Waals surface area contributed by atoms with Crippen molar-refractivity contribution < 1.29 is 0 Å². The number of benzene rings is 11. The predicted molar refractivity (Wildman–Crippen MR) is 301 cm³/mol. The van der Waals surface area contributed by atoms with Gasteiger partial charge in [0.15, 0.2) is 0 Å². The van der Waals surface area contributed by atoms with E-state index in [1.54, 1.807) is 0 Å². The molecule has 0 bridgehead atoms. The molecule has 1 aromatic heterocycles. The van der Waals surface area contributed by atoms with Crippen LogP contribution in [0.3, 0.4) is 0 Å². The third kappa shape index (κ3) is 6.22. The van der Waals surface area contributed by atoms with Gasteiger partial charge in [0.2, 0.25) is 0 Å². The van der Waals surface area contributed by atoms with Crippen molar-refractivity contribution in [1.29, 1.82) is 0 Å². The molecule has 14 rings (SSSR count). The number of aromatic nitrogens is 1. The fourth-order valence-corrected chi connectivity index (χ4v) is 12.6. The summed E-state index contributed by atoms with van der Waals surface area (Å²) in [5, 5.41) is 2.44. The number of rotatable bonds is 8. The van der Waals surface area contributed by atoms with E-state index in [1.165, 1.54) is 94.2 Å². The second kappa shape index (κ2) is 16.3. The fourth-order valence-electron chi connectivity index (χ4n) is 12.6. The average Bonchev–Trinajstić information content (AvgIpc) is 4.03. The first kappa shape index (κ1) is 41.9. The highest BCUT2D eigenvalue weighted by molar-refractivity contribution is 6.11. The van der Waals surface area contributed by atoms with E-state index in [2.05, 4.69) is 290 Å². The van der Waals surface area contributed by atoms with Gasteiger partial charge in [-0.15, -0.1) is 0 Å². The summed E-state index contributed by atoms with van der Waals surface area (Å²) >= 11 is 0. The summed E-state index contributed by atoms with van der Waals surface area (Å²) in [6.45, 7) is 4.73. The van der Waals surface area contributed by atoms with Gasteiger partial charge < -0.3 is 9.47 Å². The van der Waals surface area contributed by atoms with Gasteiger partial charge in [0.25, 0.3) is 0 Å². The molecule has 0 radical (unpaired) electrons. The van der Waals surface area contributed by atoms with Gasteiger partial charge in [-0.2, -0.15) is 0 Å². The molecule has 11 aromatic carbocycles. The van der Waals surface area contributed by atoms with Gasteiger partial charge in [-0.3, -0.25) is 0 Å². The Balaban J connectivity index is 1.03. The maximum absolute atomic E-state index is 2.55. The minimum atomic E-state index is -0.646. The molecule has 2 nitrogen and oxygen atoms in total. The highest BCUT2D eigenvalue weighted by atomic mass is 15.1. The number of nitrogens with zero attached hydrogens (tertiary/aromatic N) is 2. The van der Waals surface area contributed by atoms with E-state index in [-0.39, 0.29) is 5.41 Å². The maximum Gasteiger partial charge on any atom is 0.0714 e. The molecule has 72 heavy (non-hydrogen) atoms. The fraction of sp³-hybridized carbons (Fsp3) is 0.0571. The first-order valence-corrected chi connectivity index (χ1v) is 25.2. The predicted octanol–water partition coefficient (Wildman–Crippen LogP) is 18.3. The molecule has 0 spiro atoms. The second-order valence-corrected chi connectivity index (χ2v) is 20.0. The summed E-state index contributed by atoms with van der Waals surface area (Å²) in [5.74, 6) is 0. The van der Waals surface area contributed by atoms with Crippen LogP contribution in [0.4, 0.5) is 17.1 Å². The minimum absolute atomic E-state index is 0.133. The molecule has 1 unspecified atom stereocenters. The Bertz CT molecular complexity index is 4000. The number of anilines is 3. The number of hydrogen-bond acceptors (Lipinski definition) is 1. The molecule has 2 aliphatic carbocycles. The molecule has 0 saturated heterocycles. The van der Waals surface area contributed by atoms with Gasteiger partial charge >= 0.3 is 0 Å². The van der Waals surface area contributed by atoms with Crippen molar-refractivity contribution in [3.8, 4) is 50.2 Å². The summed E-state index contributed by atoms with van der Waals surface area (Å²) in [4.78, 5) is 2.44. The molecular weight excluding hydrogens is 869 g/mol. The first-order chi connectivity index (χ1) is 35.5. The molecule has 2 heteroatoms. The van der Waals surface area contributed by atoms with Crippen LogP contribution >= 0.6 is 0 Å². The van der Waals surface area contributed by atoms with Crippen molar-refractivity contribution >= 4 is 38.9 Å². The van der Waals surface area contributed by atoms with E-state index >= 15 is 0 Å². The summed E-state index contributed by atoms with van der Waals surface area (Å²) in [6.07, 6.45) is 0. The van der Waals surface area contributed by atoms with E-state index in [0.717, 1.165) is 28.3 Å². The van der Waals surface area contributed by atoms with Gasteiger partial charge in [-0.25, -0.2) is 0 Å². The zero-order chi connectivity index (χ0) is 48.0. The number of fused-ring (bicyclic) bond motifs is 9. The molecule has 0 aliphatic heterocycles. The molecule has 1 heterocycles. The van der Waals surface area contributed by atoms with Crippen LogP contribution in [0.25, 0.3) is 72.0 Å². The second-order valence-electron chi connectivity index (χ2n) is 20.0. The molecular formula is C70H50N2. The van der Waals surface area contributed by atoms with Crippen LogP contribution in [0.15, 0.2) is 267 Å². The standard InChI is InChI=1S/C70H50N2/c1-69(2)61-33-18-15-30-56(61)57-40-38-54(45-64(57)69)71(53-28-13-6-14-29-53)55-39-41-59-58-31-17-20-36-65(58)72(67(59)46-55)66-37-21-35-63-68(66)60-32-16-19-34-62(60)70(63,51-26-11-5-12-27-51)52-43-49(47-22-7-3-8-23-47)42-50(44-52)48-24-9-4-10-25-48/h3-46H,1-2H3. The van der Waals surface area contributed by atoms with Crippen LogP contribution in [0.5, 0.6) is 0 Å². The van der Waals surface area contributed by atoms with Crippen molar-refractivity contribution in [3.63, 3.8) is 0 Å². The Morgan fingerprint density at radius 2 is 0.861 bits per heavy atom. The van der Waals surface area contributed by atoms with Crippen molar-refractivity contribution in [1.82, 2.24) is 4.57 Å². The van der Waals surface area contributed by atoms with E-state index < -0.39 is 5.41 Å². The third-order valence-electron chi connectivity index (χ3n) is 15.8. The lowest BCUT2D eigenvalue weighted by atomic mass is 9.67. The summed E-state index contributed by atoms with van der Waals surface area (Å²) in [6, 6.07) is 99.3. The van der Waals surface area contributed by atoms with Crippen LogP contribution in [0.1, 0.15) is 47.2 Å². The molecule has 12 aromatic rings. The zero-order valence-corrected chi connectivity index (χ0v) is 40.3. The van der Waals surface area contributed by atoms with E-state index in [4.69, 9.17) is 0 Å². The third-order valence-corrected chi connectivity index (χ3v) is 15.8. The number of para-hydroxylation sites is 2. The molecule has 0 N–H and O–H groups in total. The molecule has 1 atom stereocenters. The lowest BCUT2D eigenvalue weighted by Gasteiger charge is -2.35. The van der Waals surface area contributed by atoms with Crippen molar-refractivity contribution in [3.05, 3.63) is 300 Å². The first-order valence-electron chi connectivity index (χ1n) is 25.2. The van der Waals surface area contributed by atoms with Crippen LogP contribution in [-0.4, -0.2) is 4.57 Å². The van der Waals surface area contributed by atoms with Crippen molar-refractivity contribution in [2.24, 2.45) is 0 Å². The SMILES string of the molecule is CC1(C)c2ccccc2-c2ccc(N(c3ccccc3)c3ccc4c5ccccc5n(-c5cccc6c5-c5ccccc5C6(c5ccccc5)c5cc(-c6ccccc6)cc(-c6ccccc6)c5)c4c3)cc21. The van der Waals surface area contributed by atoms with Crippen LogP contribution < -0.4 is 4.90 Å². The summed E-state index contributed by atoms with van der Waals surface area (Å²) < 4.78 is 2.55. The maximum atomic E-state index is 2.55. The molecule has 0 amide bonds. The quantitative estimate of drug-likeness (QED) is 0.147. The van der Waals surface area contributed by atoms with E-state index in [0.29, 0.717) is 0 Å². The lowest BCUT2D eigenvalue weighted by Crippen LogP contribution is -2.28. The highest BCUT2D eigenvalue weighted by Crippen LogP contribution is 2.59. The molecule has 2 aliphatic rings. The van der Waals surface area contributed by atoms with Crippen molar-refractivity contribution in [2.75, 3.05) is 4.90 Å². The van der Waals surface area contributed by atoms with Gasteiger partial charge in [0.1, 0.15) is 0 Å². The van der Waals surface area contributed by atoms with Gasteiger partial charge in [-0.05, 0) is 139 Å². The number of hydrogen-bond donors (Lipinski definition) is 0. The average molecular weight is 919 g/mol. The van der Waals surface area contributed by atoms with Gasteiger partial charge in [0, 0.05) is 38.8 Å². The van der Waals surface area contributed by atoms with E-state index in [9.17, 15) is 0 Å². The highest BCUT2D eigenvalue weighted by Gasteiger charge is 2.47. The van der Waals surface area contributed by atoms with Gasteiger partial charge in [-0.1, -0.05) is 214 Å². The molecule has 0 saturated carbocycles. The summed E-state index contributed by atoms with van der Waals surface area (Å²) in [7, 11) is 0. The summed E-state index contributed by atoms with van der Waals surface area (Å²) in [5.41, 5.74) is 23.7. The van der Waals surface area contributed by atoms with Crippen LogP contribution in [0, 0.1) is 0 Å².